The molecule has 2 aromatic rings. The number of hydrogen-bond donors (Lipinski definition) is 2. The van der Waals surface area contributed by atoms with Gasteiger partial charge in [0, 0.05) is 24.5 Å². The van der Waals surface area contributed by atoms with Gasteiger partial charge in [-0.25, -0.2) is 5.43 Å². The Morgan fingerprint density at radius 3 is 2.43 bits per heavy atom. The number of hydrogen-bond acceptors (Lipinski definition) is 5. The highest BCUT2D eigenvalue weighted by Gasteiger charge is 2.11. The van der Waals surface area contributed by atoms with Crippen LogP contribution in [-0.2, 0) is 9.59 Å². The minimum Gasteiger partial charge on any atom is -0.497 e. The van der Waals surface area contributed by atoms with Crippen molar-refractivity contribution in [2.45, 2.75) is 19.8 Å². The standard InChI is InChI=1S/C20H22ClN3O4/c1-13(15-9-8-14(27-2)12-18(15)28-3)23-24-20(26)11-10-19(25)22-17-7-5-4-6-16(17)21/h4-9,12H,10-11H2,1-3H3,(H,22,25)(H,24,26)/b23-13-. The minimum absolute atomic E-state index is 0.00713. The number of nitrogens with zero attached hydrogens (tertiary/aromatic N) is 1. The molecular weight excluding hydrogens is 382 g/mol. The van der Waals surface area contributed by atoms with Gasteiger partial charge in [0.05, 0.1) is 30.6 Å². The van der Waals surface area contributed by atoms with Gasteiger partial charge in [0.1, 0.15) is 11.5 Å². The Hall–Kier alpha value is -3.06. The molecule has 0 aliphatic carbocycles. The molecule has 0 heterocycles. The molecule has 0 spiro atoms. The van der Waals surface area contributed by atoms with Crippen LogP contribution in [0.25, 0.3) is 0 Å². The van der Waals surface area contributed by atoms with Gasteiger partial charge in [0.2, 0.25) is 11.8 Å². The van der Waals surface area contributed by atoms with Crippen molar-refractivity contribution in [3.05, 3.63) is 53.1 Å². The van der Waals surface area contributed by atoms with E-state index in [-0.39, 0.29) is 24.7 Å². The molecule has 8 heteroatoms. The zero-order chi connectivity index (χ0) is 20.5. The fraction of sp³-hybridized carbons (Fsp3) is 0.250. The Labute approximate surface area is 168 Å². The van der Waals surface area contributed by atoms with Gasteiger partial charge < -0.3 is 14.8 Å². The summed E-state index contributed by atoms with van der Waals surface area (Å²) in [5.41, 5.74) is 4.24. The molecule has 0 radical (unpaired) electrons. The molecule has 28 heavy (non-hydrogen) atoms. The number of carbonyl (C=O) groups excluding carboxylic acids is 2. The average molecular weight is 404 g/mol. The van der Waals surface area contributed by atoms with Crippen molar-refractivity contribution < 1.29 is 19.1 Å². The van der Waals surface area contributed by atoms with Gasteiger partial charge in [-0.2, -0.15) is 5.10 Å². The lowest BCUT2D eigenvalue weighted by atomic mass is 10.1. The summed E-state index contributed by atoms with van der Waals surface area (Å²) >= 11 is 5.99. The van der Waals surface area contributed by atoms with E-state index in [0.29, 0.717) is 27.9 Å². The number of hydrazone groups is 1. The van der Waals surface area contributed by atoms with E-state index in [0.717, 1.165) is 5.56 Å². The fourth-order valence-electron chi connectivity index (χ4n) is 2.36. The molecule has 2 rings (SSSR count). The first-order chi connectivity index (χ1) is 13.4. The van der Waals surface area contributed by atoms with E-state index in [2.05, 4.69) is 15.8 Å². The molecule has 2 N–H and O–H groups in total. The Kier molecular flexibility index (Phi) is 7.83. The summed E-state index contributed by atoms with van der Waals surface area (Å²) < 4.78 is 10.5. The molecule has 0 unspecified atom stereocenters. The quantitative estimate of drug-likeness (QED) is 0.520. The molecular formula is C20H22ClN3O4. The number of rotatable bonds is 8. The predicted octanol–water partition coefficient (Wildman–Crippen LogP) is 3.62. The molecule has 0 fully saturated rings. The molecule has 0 aromatic heterocycles. The molecule has 0 saturated heterocycles. The van der Waals surface area contributed by atoms with E-state index in [4.69, 9.17) is 21.1 Å². The number of amides is 2. The zero-order valence-corrected chi connectivity index (χ0v) is 16.7. The number of halogens is 1. The lowest BCUT2D eigenvalue weighted by Crippen LogP contribution is -2.22. The topological polar surface area (TPSA) is 89.0 Å². The molecule has 2 aromatic carbocycles. The Bertz CT molecular complexity index is 884. The third kappa shape index (κ3) is 5.99. The summed E-state index contributed by atoms with van der Waals surface area (Å²) in [6.45, 7) is 1.74. The first-order valence-corrected chi connectivity index (χ1v) is 8.92. The molecule has 0 atom stereocenters. The lowest BCUT2D eigenvalue weighted by molar-refractivity contribution is -0.124. The van der Waals surface area contributed by atoms with Crippen molar-refractivity contribution >= 4 is 34.8 Å². The van der Waals surface area contributed by atoms with E-state index >= 15 is 0 Å². The van der Waals surface area contributed by atoms with Crippen LogP contribution in [0, 0.1) is 0 Å². The van der Waals surface area contributed by atoms with Crippen LogP contribution in [0.2, 0.25) is 5.02 Å². The maximum Gasteiger partial charge on any atom is 0.240 e. The monoisotopic (exact) mass is 403 g/mol. The van der Waals surface area contributed by atoms with Crippen LogP contribution in [0.3, 0.4) is 0 Å². The van der Waals surface area contributed by atoms with E-state index < -0.39 is 0 Å². The summed E-state index contributed by atoms with van der Waals surface area (Å²) in [6.07, 6.45) is 0.00426. The third-order valence-corrected chi connectivity index (χ3v) is 4.20. The summed E-state index contributed by atoms with van der Waals surface area (Å²) in [5, 5.41) is 7.18. The number of benzene rings is 2. The van der Waals surface area contributed by atoms with Crippen molar-refractivity contribution in [3.63, 3.8) is 0 Å². The number of para-hydroxylation sites is 1. The molecule has 7 nitrogen and oxygen atoms in total. The largest absolute Gasteiger partial charge is 0.497 e. The highest BCUT2D eigenvalue weighted by molar-refractivity contribution is 6.33. The molecule has 0 bridgehead atoms. The Morgan fingerprint density at radius 1 is 1.04 bits per heavy atom. The number of ether oxygens (including phenoxy) is 2. The normalized spacial score (nSPS) is 10.9. The van der Waals surface area contributed by atoms with Crippen LogP contribution in [0.5, 0.6) is 11.5 Å². The van der Waals surface area contributed by atoms with Gasteiger partial charge in [-0.1, -0.05) is 23.7 Å². The summed E-state index contributed by atoms with van der Waals surface area (Å²) in [6, 6.07) is 12.2. The fourth-order valence-corrected chi connectivity index (χ4v) is 2.55. The maximum atomic E-state index is 12.0. The van der Waals surface area contributed by atoms with Gasteiger partial charge in [0.25, 0.3) is 0 Å². The van der Waals surface area contributed by atoms with E-state index in [1.54, 1.807) is 63.6 Å². The van der Waals surface area contributed by atoms with Crippen LogP contribution in [0.1, 0.15) is 25.3 Å². The van der Waals surface area contributed by atoms with E-state index in [1.165, 1.54) is 0 Å². The van der Waals surface area contributed by atoms with Crippen LogP contribution in [0.15, 0.2) is 47.6 Å². The highest BCUT2D eigenvalue weighted by Crippen LogP contribution is 2.25. The average Bonchev–Trinajstić information content (AvgIpc) is 2.71. The Balaban J connectivity index is 1.89. The van der Waals surface area contributed by atoms with Crippen LogP contribution < -0.4 is 20.2 Å². The molecule has 0 aliphatic rings. The first kappa shape index (κ1) is 21.2. The van der Waals surface area contributed by atoms with Crippen molar-refractivity contribution in [1.82, 2.24) is 5.43 Å². The van der Waals surface area contributed by atoms with Crippen LogP contribution in [0.4, 0.5) is 5.69 Å². The van der Waals surface area contributed by atoms with Gasteiger partial charge in [0.15, 0.2) is 0 Å². The molecule has 148 valence electrons. The Morgan fingerprint density at radius 2 is 1.75 bits per heavy atom. The first-order valence-electron chi connectivity index (χ1n) is 8.54. The number of carbonyl (C=O) groups is 2. The van der Waals surface area contributed by atoms with Crippen LogP contribution >= 0.6 is 11.6 Å². The van der Waals surface area contributed by atoms with Gasteiger partial charge in [-0.15, -0.1) is 0 Å². The predicted molar refractivity (Wildman–Crippen MR) is 109 cm³/mol. The van der Waals surface area contributed by atoms with Crippen LogP contribution in [-0.4, -0.2) is 31.7 Å². The second-order valence-electron chi connectivity index (χ2n) is 5.83. The van der Waals surface area contributed by atoms with Gasteiger partial charge in [-0.05, 0) is 31.2 Å². The summed E-state index contributed by atoms with van der Waals surface area (Å²) in [5.74, 6) is 0.554. The second-order valence-corrected chi connectivity index (χ2v) is 6.23. The maximum absolute atomic E-state index is 12.0. The zero-order valence-electron chi connectivity index (χ0n) is 15.9. The van der Waals surface area contributed by atoms with E-state index in [9.17, 15) is 9.59 Å². The van der Waals surface area contributed by atoms with Gasteiger partial charge in [-0.3, -0.25) is 9.59 Å². The van der Waals surface area contributed by atoms with Crippen molar-refractivity contribution in [2.75, 3.05) is 19.5 Å². The van der Waals surface area contributed by atoms with Crippen molar-refractivity contribution in [2.24, 2.45) is 5.10 Å². The summed E-state index contributed by atoms with van der Waals surface area (Å²) in [4.78, 5) is 23.9. The smallest absolute Gasteiger partial charge is 0.240 e. The number of methoxy groups -OCH3 is 2. The third-order valence-electron chi connectivity index (χ3n) is 3.87. The molecule has 0 saturated carbocycles. The van der Waals surface area contributed by atoms with E-state index in [1.807, 2.05) is 0 Å². The number of nitrogens with one attached hydrogen (secondary N) is 2. The van der Waals surface area contributed by atoms with Crippen molar-refractivity contribution in [1.29, 1.82) is 0 Å². The summed E-state index contributed by atoms with van der Waals surface area (Å²) in [7, 11) is 3.11. The SMILES string of the molecule is COc1ccc(/C(C)=N\NC(=O)CCC(=O)Nc2ccccc2Cl)c(OC)c1. The van der Waals surface area contributed by atoms with Gasteiger partial charge >= 0.3 is 0 Å². The second kappa shape index (κ2) is 10.3. The molecule has 0 aliphatic heterocycles. The molecule has 2 amide bonds. The lowest BCUT2D eigenvalue weighted by Gasteiger charge is -2.10. The highest BCUT2D eigenvalue weighted by atomic mass is 35.5. The van der Waals surface area contributed by atoms with Crippen molar-refractivity contribution in [3.8, 4) is 11.5 Å². The minimum atomic E-state index is -0.374. The number of anilines is 1.